The first kappa shape index (κ1) is 17.8. The summed E-state index contributed by atoms with van der Waals surface area (Å²) < 4.78 is 6.10. The summed E-state index contributed by atoms with van der Waals surface area (Å²) in [5, 5.41) is 0. The Balaban J connectivity index is 2.01. The second-order valence-corrected chi connectivity index (χ2v) is 9.19. The zero-order valence-electron chi connectivity index (χ0n) is 15.8. The molecule has 2 aliphatic carbocycles. The Bertz CT molecular complexity index is 563. The Morgan fingerprint density at radius 1 is 1.21 bits per heavy atom. The number of hydrogen-bond donors (Lipinski definition) is 0. The molecule has 0 bridgehead atoms. The van der Waals surface area contributed by atoms with Crippen molar-refractivity contribution in [3.05, 3.63) is 11.6 Å². The number of allylic oxidation sites excluding steroid dienone is 2. The van der Waals surface area contributed by atoms with Crippen LogP contribution in [0.15, 0.2) is 11.6 Å². The molecule has 134 valence electrons. The largest absolute Gasteiger partial charge is 0.357 e. The van der Waals surface area contributed by atoms with Crippen molar-refractivity contribution >= 4 is 12.6 Å². The molecule has 0 aromatic rings. The van der Waals surface area contributed by atoms with Crippen molar-refractivity contribution in [3.63, 3.8) is 0 Å². The van der Waals surface area contributed by atoms with E-state index in [-0.39, 0.29) is 16.9 Å². The number of rotatable bonds is 5. The van der Waals surface area contributed by atoms with Crippen molar-refractivity contribution in [2.24, 2.45) is 28.6 Å². The molecule has 24 heavy (non-hydrogen) atoms. The molecule has 2 saturated carbocycles. The molecule has 0 aromatic carbocycles. The Kier molecular flexibility index (Phi) is 4.31. The molecule has 3 heteroatoms. The summed E-state index contributed by atoms with van der Waals surface area (Å²) in [5.41, 5.74) is 0.338. The SMILES string of the molecule is CCC(C=O)=CC[C@H]1[C@@H](C)CC[C@H]2C(C)(C)CC3OC3(C=O)[C@]12C. The molecular weight excluding hydrogens is 300 g/mol. The van der Waals surface area contributed by atoms with Gasteiger partial charge >= 0.3 is 0 Å². The summed E-state index contributed by atoms with van der Waals surface area (Å²) in [6.45, 7) is 11.3. The normalized spacial score (nSPS) is 46.6. The minimum absolute atomic E-state index is 0.0831. The van der Waals surface area contributed by atoms with E-state index in [1.165, 1.54) is 12.8 Å². The summed E-state index contributed by atoms with van der Waals surface area (Å²) in [4.78, 5) is 23.3. The Morgan fingerprint density at radius 3 is 2.50 bits per heavy atom. The van der Waals surface area contributed by atoms with Crippen LogP contribution >= 0.6 is 0 Å². The van der Waals surface area contributed by atoms with Crippen molar-refractivity contribution in [1.29, 1.82) is 0 Å². The third kappa shape index (κ3) is 2.27. The summed E-state index contributed by atoms with van der Waals surface area (Å²) in [6.07, 6.45) is 9.27. The number of aldehydes is 2. The predicted molar refractivity (Wildman–Crippen MR) is 94.6 cm³/mol. The van der Waals surface area contributed by atoms with Crippen LogP contribution in [0.5, 0.6) is 0 Å². The second-order valence-electron chi connectivity index (χ2n) is 9.19. The highest BCUT2D eigenvalue weighted by atomic mass is 16.6. The molecule has 0 N–H and O–H groups in total. The smallest absolute Gasteiger partial charge is 0.155 e. The molecule has 2 unspecified atom stereocenters. The minimum atomic E-state index is -0.589. The van der Waals surface area contributed by atoms with Crippen molar-refractivity contribution in [2.45, 2.75) is 78.4 Å². The van der Waals surface area contributed by atoms with E-state index >= 15 is 0 Å². The maximum Gasteiger partial charge on any atom is 0.155 e. The van der Waals surface area contributed by atoms with Crippen LogP contribution in [0, 0.1) is 28.6 Å². The zero-order valence-corrected chi connectivity index (χ0v) is 15.8. The van der Waals surface area contributed by atoms with E-state index in [1.807, 2.05) is 6.92 Å². The lowest BCUT2D eigenvalue weighted by molar-refractivity contribution is -0.140. The number of fused-ring (bicyclic) bond motifs is 3. The highest BCUT2D eigenvalue weighted by Crippen LogP contribution is 2.71. The zero-order chi connectivity index (χ0) is 17.8. The molecular formula is C21H32O3. The average molecular weight is 332 g/mol. The van der Waals surface area contributed by atoms with Gasteiger partial charge in [-0.3, -0.25) is 9.59 Å². The average Bonchev–Trinajstić information content (AvgIpc) is 3.24. The van der Waals surface area contributed by atoms with E-state index in [0.29, 0.717) is 17.8 Å². The quantitative estimate of drug-likeness (QED) is 0.427. The first-order valence-electron chi connectivity index (χ1n) is 9.55. The van der Waals surface area contributed by atoms with Crippen molar-refractivity contribution in [3.8, 4) is 0 Å². The molecule has 0 aromatic heterocycles. The van der Waals surface area contributed by atoms with E-state index < -0.39 is 5.60 Å². The topological polar surface area (TPSA) is 46.7 Å². The number of carbonyl (C=O) groups is 2. The summed E-state index contributed by atoms with van der Waals surface area (Å²) in [5.74, 6) is 1.42. The van der Waals surface area contributed by atoms with Gasteiger partial charge in [0.1, 0.15) is 6.29 Å². The summed E-state index contributed by atoms with van der Waals surface area (Å²) >= 11 is 0. The lowest BCUT2D eigenvalue weighted by Crippen LogP contribution is -2.60. The lowest BCUT2D eigenvalue weighted by Gasteiger charge is -2.59. The van der Waals surface area contributed by atoms with E-state index in [1.54, 1.807) is 0 Å². The molecule has 1 heterocycles. The molecule has 3 rings (SSSR count). The highest BCUT2D eigenvalue weighted by molar-refractivity contribution is 5.73. The van der Waals surface area contributed by atoms with Gasteiger partial charge in [-0.15, -0.1) is 0 Å². The van der Waals surface area contributed by atoms with Gasteiger partial charge in [0.15, 0.2) is 11.9 Å². The summed E-state index contributed by atoms with van der Waals surface area (Å²) in [7, 11) is 0. The number of epoxide rings is 1. The molecule has 0 radical (unpaired) electrons. The third-order valence-corrected chi connectivity index (χ3v) is 7.72. The molecule has 3 aliphatic rings. The van der Waals surface area contributed by atoms with Crippen LogP contribution in [0.4, 0.5) is 0 Å². The number of carbonyl (C=O) groups excluding carboxylic acids is 2. The van der Waals surface area contributed by atoms with Gasteiger partial charge in [0.25, 0.3) is 0 Å². The van der Waals surface area contributed by atoms with Crippen LogP contribution in [-0.2, 0) is 14.3 Å². The highest BCUT2D eigenvalue weighted by Gasteiger charge is 2.77. The molecule has 0 spiro atoms. The molecule has 6 atom stereocenters. The third-order valence-electron chi connectivity index (χ3n) is 7.72. The van der Waals surface area contributed by atoms with E-state index in [0.717, 1.165) is 37.4 Å². The lowest BCUT2D eigenvalue weighted by atomic mass is 9.43. The van der Waals surface area contributed by atoms with Gasteiger partial charge in [-0.25, -0.2) is 0 Å². The van der Waals surface area contributed by atoms with E-state index in [4.69, 9.17) is 4.74 Å². The number of hydrogen-bond acceptors (Lipinski definition) is 3. The van der Waals surface area contributed by atoms with Gasteiger partial charge < -0.3 is 4.74 Å². The van der Waals surface area contributed by atoms with Gasteiger partial charge in [0.2, 0.25) is 0 Å². The fraction of sp³-hybridized carbons (Fsp3) is 0.810. The maximum atomic E-state index is 12.1. The minimum Gasteiger partial charge on any atom is -0.357 e. The van der Waals surface area contributed by atoms with E-state index in [2.05, 4.69) is 33.8 Å². The second kappa shape index (κ2) is 5.79. The summed E-state index contributed by atoms with van der Waals surface area (Å²) in [6, 6.07) is 0. The predicted octanol–water partition coefficient (Wildman–Crippen LogP) is 4.35. The van der Waals surface area contributed by atoms with Gasteiger partial charge in [0.05, 0.1) is 6.10 Å². The molecule has 3 nitrogen and oxygen atoms in total. The van der Waals surface area contributed by atoms with Crippen molar-refractivity contribution < 1.29 is 14.3 Å². The van der Waals surface area contributed by atoms with Gasteiger partial charge in [0, 0.05) is 5.41 Å². The van der Waals surface area contributed by atoms with Crippen molar-refractivity contribution in [1.82, 2.24) is 0 Å². The van der Waals surface area contributed by atoms with Gasteiger partial charge in [-0.1, -0.05) is 47.1 Å². The fourth-order valence-electron chi connectivity index (χ4n) is 6.30. The fourth-order valence-corrected chi connectivity index (χ4v) is 6.30. The van der Waals surface area contributed by atoms with Crippen LogP contribution in [0.1, 0.15) is 66.7 Å². The first-order chi connectivity index (χ1) is 11.3. The van der Waals surface area contributed by atoms with E-state index in [9.17, 15) is 9.59 Å². The van der Waals surface area contributed by atoms with Gasteiger partial charge in [-0.05, 0) is 54.4 Å². The van der Waals surface area contributed by atoms with Crippen LogP contribution in [0.2, 0.25) is 0 Å². The number of ether oxygens (including phenoxy) is 1. The van der Waals surface area contributed by atoms with Crippen LogP contribution in [-0.4, -0.2) is 24.3 Å². The Labute approximate surface area is 146 Å². The Morgan fingerprint density at radius 2 is 1.92 bits per heavy atom. The Hall–Kier alpha value is -0.960. The van der Waals surface area contributed by atoms with Crippen molar-refractivity contribution in [2.75, 3.05) is 0 Å². The molecule has 1 aliphatic heterocycles. The van der Waals surface area contributed by atoms with Crippen LogP contribution in [0.3, 0.4) is 0 Å². The standard InChI is InChI=1S/C21H32O3/c1-6-15(12-22)8-9-16-14(2)7-10-17-19(3,4)11-18-21(13-23,24-18)20(16,17)5/h8,12-14,16-18H,6-7,9-11H2,1-5H3/t14-,16-,17-,18?,20+,21?/m0/s1. The molecule has 3 fully saturated rings. The van der Waals surface area contributed by atoms with Crippen LogP contribution < -0.4 is 0 Å². The maximum absolute atomic E-state index is 12.1. The van der Waals surface area contributed by atoms with Crippen LogP contribution in [0.25, 0.3) is 0 Å². The monoisotopic (exact) mass is 332 g/mol. The molecule has 1 saturated heterocycles. The first-order valence-corrected chi connectivity index (χ1v) is 9.55. The molecule has 0 amide bonds. The van der Waals surface area contributed by atoms with Gasteiger partial charge in [-0.2, -0.15) is 0 Å².